The zero-order valence-electron chi connectivity index (χ0n) is 12.0. The average Bonchev–Trinajstić information content (AvgIpc) is 2.85. The molecule has 6 heteroatoms. The maximum atomic E-state index is 11.5. The Kier molecular flexibility index (Phi) is 4.93. The van der Waals surface area contributed by atoms with E-state index in [0.717, 1.165) is 15.6 Å². The monoisotopic (exact) mass is 306 g/mol. The van der Waals surface area contributed by atoms with E-state index < -0.39 is 5.97 Å². The second kappa shape index (κ2) is 6.69. The van der Waals surface area contributed by atoms with Gasteiger partial charge in [-0.1, -0.05) is 25.1 Å². The van der Waals surface area contributed by atoms with Crippen molar-refractivity contribution in [1.82, 2.24) is 10.2 Å². The lowest BCUT2D eigenvalue weighted by Gasteiger charge is -2.19. The van der Waals surface area contributed by atoms with E-state index in [9.17, 15) is 14.7 Å². The minimum atomic E-state index is -0.915. The Morgan fingerprint density at radius 2 is 2.05 bits per heavy atom. The van der Waals surface area contributed by atoms with Crippen molar-refractivity contribution in [2.24, 2.45) is 0 Å². The van der Waals surface area contributed by atoms with E-state index in [0.29, 0.717) is 18.0 Å². The fourth-order valence-electron chi connectivity index (χ4n) is 2.21. The third kappa shape index (κ3) is 3.40. The smallest absolute Gasteiger partial charge is 0.346 e. The normalized spacial score (nSPS) is 11.0. The van der Waals surface area contributed by atoms with Gasteiger partial charge in [-0.05, 0) is 23.6 Å². The van der Waals surface area contributed by atoms with Gasteiger partial charge >= 0.3 is 5.97 Å². The number of carbonyl (C=O) groups excluding carboxylic acids is 1. The Bertz CT molecular complexity index is 666. The average molecular weight is 306 g/mol. The van der Waals surface area contributed by atoms with Gasteiger partial charge in [-0.25, -0.2) is 4.79 Å². The molecule has 0 bridgehead atoms. The van der Waals surface area contributed by atoms with Gasteiger partial charge < -0.3 is 10.4 Å². The van der Waals surface area contributed by atoms with Crippen LogP contribution >= 0.6 is 11.3 Å². The van der Waals surface area contributed by atoms with Gasteiger partial charge in [0, 0.05) is 18.3 Å². The van der Waals surface area contributed by atoms with Crippen molar-refractivity contribution in [3.63, 3.8) is 0 Å². The van der Waals surface area contributed by atoms with Crippen LogP contribution in [-0.2, 0) is 11.3 Å². The van der Waals surface area contributed by atoms with E-state index in [1.807, 2.05) is 36.1 Å². The molecule has 1 aromatic heterocycles. The molecular formula is C15H18N2O3S. The minimum Gasteiger partial charge on any atom is -0.477 e. The molecule has 0 aliphatic heterocycles. The molecule has 0 atom stereocenters. The third-order valence-corrected chi connectivity index (χ3v) is 4.57. The van der Waals surface area contributed by atoms with Crippen LogP contribution in [0.5, 0.6) is 0 Å². The Morgan fingerprint density at radius 3 is 2.67 bits per heavy atom. The minimum absolute atomic E-state index is 0.0757. The van der Waals surface area contributed by atoms with Crippen LogP contribution < -0.4 is 5.32 Å². The predicted molar refractivity (Wildman–Crippen MR) is 83.8 cm³/mol. The number of hydrogen-bond acceptors (Lipinski definition) is 4. The van der Waals surface area contributed by atoms with Gasteiger partial charge in [-0.2, -0.15) is 0 Å². The molecule has 0 spiro atoms. The molecule has 0 fully saturated rings. The van der Waals surface area contributed by atoms with E-state index in [1.165, 1.54) is 11.3 Å². The number of likely N-dealkylation sites (N-methyl/N-ethyl adjacent to an activating group) is 2. The Balaban J connectivity index is 2.37. The number of aromatic carboxylic acids is 1. The topological polar surface area (TPSA) is 69.6 Å². The molecule has 1 aromatic carbocycles. The molecule has 1 amide bonds. The van der Waals surface area contributed by atoms with Crippen LogP contribution in [0.2, 0.25) is 0 Å². The summed E-state index contributed by atoms with van der Waals surface area (Å²) in [7, 11) is 1.60. The lowest BCUT2D eigenvalue weighted by atomic mass is 10.1. The zero-order chi connectivity index (χ0) is 15.4. The first-order chi connectivity index (χ1) is 10.1. The zero-order valence-corrected chi connectivity index (χ0v) is 12.9. The Hall–Kier alpha value is -1.92. The van der Waals surface area contributed by atoms with Crippen molar-refractivity contribution < 1.29 is 14.7 Å². The van der Waals surface area contributed by atoms with Crippen molar-refractivity contribution >= 4 is 33.3 Å². The summed E-state index contributed by atoms with van der Waals surface area (Å²) in [4.78, 5) is 25.3. The first-order valence-corrected chi connectivity index (χ1v) is 7.55. The molecule has 21 heavy (non-hydrogen) atoms. The Labute approximate surface area is 127 Å². The van der Waals surface area contributed by atoms with Crippen LogP contribution in [0.4, 0.5) is 0 Å². The summed E-state index contributed by atoms with van der Waals surface area (Å²) in [5, 5.41) is 12.9. The summed E-state index contributed by atoms with van der Waals surface area (Å²) < 4.78 is 0.959. The summed E-state index contributed by atoms with van der Waals surface area (Å²) in [6.07, 6.45) is 0. The molecule has 2 rings (SSSR count). The number of fused-ring (bicyclic) bond motifs is 1. The number of nitrogens with one attached hydrogen (secondary N) is 1. The van der Waals surface area contributed by atoms with Gasteiger partial charge in [-0.15, -0.1) is 11.3 Å². The van der Waals surface area contributed by atoms with Crippen LogP contribution in [0.25, 0.3) is 10.1 Å². The maximum Gasteiger partial charge on any atom is 0.346 e. The summed E-state index contributed by atoms with van der Waals surface area (Å²) in [5.74, 6) is -0.990. The second-order valence-corrected chi connectivity index (χ2v) is 5.74. The second-order valence-electron chi connectivity index (χ2n) is 4.69. The van der Waals surface area contributed by atoms with Crippen LogP contribution in [0.1, 0.15) is 22.2 Å². The molecule has 1 heterocycles. The summed E-state index contributed by atoms with van der Waals surface area (Å²) in [5.41, 5.74) is 0.786. The molecule has 0 unspecified atom stereocenters. The van der Waals surface area contributed by atoms with E-state index in [2.05, 4.69) is 5.32 Å². The SMILES string of the molecule is CCN(CC(=O)NC)Cc1c(C(=O)O)sc2ccccc12. The molecular weight excluding hydrogens is 288 g/mol. The Morgan fingerprint density at radius 1 is 1.33 bits per heavy atom. The van der Waals surface area contributed by atoms with Gasteiger partial charge in [0.05, 0.1) is 6.54 Å². The largest absolute Gasteiger partial charge is 0.477 e. The van der Waals surface area contributed by atoms with Gasteiger partial charge in [0.15, 0.2) is 0 Å². The number of carbonyl (C=O) groups is 2. The maximum absolute atomic E-state index is 11.5. The van der Waals surface area contributed by atoms with E-state index in [4.69, 9.17) is 0 Å². The first-order valence-electron chi connectivity index (χ1n) is 6.73. The third-order valence-electron chi connectivity index (χ3n) is 3.37. The standard InChI is InChI=1S/C15H18N2O3S/c1-3-17(9-13(18)16-2)8-11-10-6-4-5-7-12(10)21-14(11)15(19)20/h4-7H,3,8-9H2,1-2H3,(H,16,18)(H,19,20). The van der Waals surface area contributed by atoms with Crippen molar-refractivity contribution in [1.29, 1.82) is 0 Å². The quantitative estimate of drug-likeness (QED) is 0.858. The fraction of sp³-hybridized carbons (Fsp3) is 0.333. The molecule has 5 nitrogen and oxygen atoms in total. The number of benzene rings is 1. The molecule has 2 N–H and O–H groups in total. The molecule has 0 aliphatic rings. The lowest BCUT2D eigenvalue weighted by Crippen LogP contribution is -2.35. The highest BCUT2D eigenvalue weighted by Crippen LogP contribution is 2.32. The van der Waals surface area contributed by atoms with Gasteiger partial charge in [-0.3, -0.25) is 9.69 Å². The van der Waals surface area contributed by atoms with Crippen LogP contribution in [0, 0.1) is 0 Å². The van der Waals surface area contributed by atoms with E-state index in [-0.39, 0.29) is 12.5 Å². The molecule has 0 saturated heterocycles. The highest BCUT2D eigenvalue weighted by molar-refractivity contribution is 7.21. The fourth-order valence-corrected chi connectivity index (χ4v) is 3.27. The van der Waals surface area contributed by atoms with Crippen molar-refractivity contribution in [2.75, 3.05) is 20.1 Å². The van der Waals surface area contributed by atoms with Crippen molar-refractivity contribution in [2.45, 2.75) is 13.5 Å². The van der Waals surface area contributed by atoms with Gasteiger partial charge in [0.2, 0.25) is 5.91 Å². The number of hydrogen-bond donors (Lipinski definition) is 2. The highest BCUT2D eigenvalue weighted by Gasteiger charge is 2.20. The highest BCUT2D eigenvalue weighted by atomic mass is 32.1. The summed E-state index contributed by atoms with van der Waals surface area (Å²) >= 11 is 1.28. The van der Waals surface area contributed by atoms with E-state index >= 15 is 0 Å². The molecule has 2 aromatic rings. The van der Waals surface area contributed by atoms with Crippen molar-refractivity contribution in [3.8, 4) is 0 Å². The summed E-state index contributed by atoms with van der Waals surface area (Å²) in [6.45, 7) is 3.35. The van der Waals surface area contributed by atoms with Crippen LogP contribution in [0.15, 0.2) is 24.3 Å². The van der Waals surface area contributed by atoms with E-state index in [1.54, 1.807) is 7.05 Å². The number of amides is 1. The molecule has 112 valence electrons. The first kappa shape index (κ1) is 15.5. The molecule has 0 aliphatic carbocycles. The van der Waals surface area contributed by atoms with Crippen LogP contribution in [0.3, 0.4) is 0 Å². The van der Waals surface area contributed by atoms with Crippen LogP contribution in [-0.4, -0.2) is 42.0 Å². The van der Waals surface area contributed by atoms with Crippen molar-refractivity contribution in [3.05, 3.63) is 34.7 Å². The number of thiophene rings is 1. The molecule has 0 saturated carbocycles. The predicted octanol–water partition coefficient (Wildman–Crippen LogP) is 2.17. The molecule has 0 radical (unpaired) electrons. The lowest BCUT2D eigenvalue weighted by molar-refractivity contribution is -0.121. The summed E-state index contributed by atoms with van der Waals surface area (Å²) in [6, 6.07) is 7.65. The number of carboxylic acids is 1. The van der Waals surface area contributed by atoms with Gasteiger partial charge in [0.25, 0.3) is 0 Å². The van der Waals surface area contributed by atoms with Gasteiger partial charge in [0.1, 0.15) is 4.88 Å². The number of nitrogens with zero attached hydrogens (tertiary/aromatic N) is 1. The number of carboxylic acid groups (broad SMARTS) is 1. The number of rotatable bonds is 6.